The van der Waals surface area contributed by atoms with Crippen LogP contribution in [0.2, 0.25) is 0 Å². The van der Waals surface area contributed by atoms with Gasteiger partial charge in [0, 0.05) is 32.7 Å². The summed E-state index contributed by atoms with van der Waals surface area (Å²) >= 11 is 5.01. The summed E-state index contributed by atoms with van der Waals surface area (Å²) in [5, 5.41) is 6.66. The summed E-state index contributed by atoms with van der Waals surface area (Å²) in [6.07, 6.45) is 0.630. The lowest BCUT2D eigenvalue weighted by molar-refractivity contribution is -0.141. The molecule has 0 aliphatic heterocycles. The van der Waals surface area contributed by atoms with Gasteiger partial charge >= 0.3 is 0 Å². The Labute approximate surface area is 97.7 Å². The van der Waals surface area contributed by atoms with Crippen LogP contribution < -0.4 is 10.6 Å². The van der Waals surface area contributed by atoms with Crippen LogP contribution in [0.15, 0.2) is 0 Å². The molecule has 0 aromatic carbocycles. The summed E-state index contributed by atoms with van der Waals surface area (Å²) in [6.45, 7) is 7.29. The lowest BCUT2D eigenvalue weighted by Crippen LogP contribution is -2.41. The van der Waals surface area contributed by atoms with Crippen LogP contribution >= 0.6 is 12.2 Å². The van der Waals surface area contributed by atoms with E-state index in [0.29, 0.717) is 18.3 Å². The molecule has 0 aliphatic carbocycles. The van der Waals surface area contributed by atoms with Crippen LogP contribution in [0, 0.1) is 0 Å². The molecule has 0 aromatic heterocycles. The molecule has 0 amide bonds. The van der Waals surface area contributed by atoms with Crippen molar-refractivity contribution in [2.75, 3.05) is 20.3 Å². The zero-order valence-corrected chi connectivity index (χ0v) is 10.8. The Kier molecular flexibility index (Phi) is 8.65. The molecule has 0 rings (SSSR count). The van der Waals surface area contributed by atoms with E-state index in [4.69, 9.17) is 21.7 Å². The molecule has 15 heavy (non-hydrogen) atoms. The van der Waals surface area contributed by atoms with E-state index in [1.54, 1.807) is 7.05 Å². The van der Waals surface area contributed by atoms with Crippen molar-refractivity contribution < 1.29 is 9.47 Å². The van der Waals surface area contributed by atoms with E-state index < -0.39 is 0 Å². The Morgan fingerprint density at radius 1 is 1.27 bits per heavy atom. The maximum absolute atomic E-state index is 5.44. The maximum Gasteiger partial charge on any atom is 0.166 e. The van der Waals surface area contributed by atoms with E-state index in [9.17, 15) is 0 Å². The minimum absolute atomic E-state index is 0.151. The second-order valence-electron chi connectivity index (χ2n) is 3.20. The average Bonchev–Trinajstić information content (AvgIpc) is 2.18. The standard InChI is InChI=1S/C10H22N2O2S/c1-5-13-9(14-6-2)7-8(3)12-10(15)11-4/h8-9H,5-7H2,1-4H3,(H2,11,12,15)/t8-/m0/s1. The van der Waals surface area contributed by atoms with Gasteiger partial charge in [0.25, 0.3) is 0 Å². The number of hydrogen-bond donors (Lipinski definition) is 2. The molecule has 0 heterocycles. The van der Waals surface area contributed by atoms with Crippen molar-refractivity contribution in [1.29, 1.82) is 0 Å². The van der Waals surface area contributed by atoms with Crippen LogP contribution in [-0.2, 0) is 9.47 Å². The summed E-state index contributed by atoms with van der Waals surface area (Å²) in [5.41, 5.74) is 0. The number of ether oxygens (including phenoxy) is 2. The lowest BCUT2D eigenvalue weighted by atomic mass is 10.2. The third-order valence-corrected chi connectivity index (χ3v) is 2.18. The summed E-state index contributed by atoms with van der Waals surface area (Å²) < 4.78 is 10.9. The molecule has 0 bridgehead atoms. The molecule has 0 aliphatic rings. The monoisotopic (exact) mass is 234 g/mol. The summed E-state index contributed by atoms with van der Waals surface area (Å²) in [5.74, 6) is 0. The van der Waals surface area contributed by atoms with Gasteiger partial charge in [0.1, 0.15) is 0 Å². The number of rotatable bonds is 7. The zero-order valence-electron chi connectivity index (χ0n) is 10.0. The molecule has 0 saturated heterocycles. The van der Waals surface area contributed by atoms with Crippen LogP contribution in [0.3, 0.4) is 0 Å². The highest BCUT2D eigenvalue weighted by Crippen LogP contribution is 2.04. The molecular weight excluding hydrogens is 212 g/mol. The third-order valence-electron chi connectivity index (χ3n) is 1.86. The second-order valence-corrected chi connectivity index (χ2v) is 3.61. The van der Waals surface area contributed by atoms with Crippen molar-refractivity contribution in [3.63, 3.8) is 0 Å². The van der Waals surface area contributed by atoms with Crippen molar-refractivity contribution in [2.45, 2.75) is 39.5 Å². The largest absolute Gasteiger partial charge is 0.366 e. The first-order valence-electron chi connectivity index (χ1n) is 5.35. The molecule has 0 unspecified atom stereocenters. The van der Waals surface area contributed by atoms with Crippen molar-refractivity contribution in [3.8, 4) is 0 Å². The van der Waals surface area contributed by atoms with Gasteiger partial charge in [-0.15, -0.1) is 0 Å². The molecule has 5 heteroatoms. The minimum atomic E-state index is -0.151. The number of hydrogen-bond acceptors (Lipinski definition) is 3. The van der Waals surface area contributed by atoms with Gasteiger partial charge in [-0.1, -0.05) is 0 Å². The van der Waals surface area contributed by atoms with Gasteiger partial charge in [0.15, 0.2) is 11.4 Å². The van der Waals surface area contributed by atoms with Gasteiger partial charge in [-0.25, -0.2) is 0 Å². The van der Waals surface area contributed by atoms with Crippen LogP contribution in [0.25, 0.3) is 0 Å². The second kappa shape index (κ2) is 8.88. The molecule has 0 radical (unpaired) electrons. The Bertz CT molecular complexity index is 173. The predicted molar refractivity (Wildman–Crippen MR) is 65.9 cm³/mol. The molecule has 0 fully saturated rings. The number of nitrogens with one attached hydrogen (secondary N) is 2. The third kappa shape index (κ3) is 7.53. The first-order valence-corrected chi connectivity index (χ1v) is 5.76. The highest BCUT2D eigenvalue weighted by atomic mass is 32.1. The molecule has 1 atom stereocenters. The minimum Gasteiger partial charge on any atom is -0.366 e. The Morgan fingerprint density at radius 2 is 1.80 bits per heavy atom. The normalized spacial score (nSPS) is 12.6. The topological polar surface area (TPSA) is 42.5 Å². The van der Waals surface area contributed by atoms with Gasteiger partial charge in [0.2, 0.25) is 0 Å². The SMILES string of the molecule is CCOC(C[C@H](C)NC(=S)NC)OCC. The van der Waals surface area contributed by atoms with E-state index in [0.717, 1.165) is 6.42 Å². The Hall–Kier alpha value is -0.390. The average molecular weight is 234 g/mol. The molecule has 2 N–H and O–H groups in total. The molecule has 4 nitrogen and oxygen atoms in total. The molecule has 0 aromatic rings. The van der Waals surface area contributed by atoms with E-state index in [2.05, 4.69) is 17.6 Å². The van der Waals surface area contributed by atoms with Gasteiger partial charge < -0.3 is 20.1 Å². The molecular formula is C10H22N2O2S. The first-order chi connectivity index (χ1) is 7.13. The van der Waals surface area contributed by atoms with Crippen LogP contribution in [0.5, 0.6) is 0 Å². The number of thiocarbonyl (C=S) groups is 1. The quantitative estimate of drug-likeness (QED) is 0.513. The molecule has 0 saturated carbocycles. The maximum atomic E-state index is 5.44. The van der Waals surface area contributed by atoms with Gasteiger partial charge in [-0.3, -0.25) is 0 Å². The smallest absolute Gasteiger partial charge is 0.166 e. The van der Waals surface area contributed by atoms with Crippen molar-refractivity contribution in [2.24, 2.45) is 0 Å². The van der Waals surface area contributed by atoms with E-state index >= 15 is 0 Å². The van der Waals surface area contributed by atoms with Gasteiger partial charge in [-0.2, -0.15) is 0 Å². The van der Waals surface area contributed by atoms with Gasteiger partial charge in [-0.05, 0) is 33.0 Å². The summed E-state index contributed by atoms with van der Waals surface area (Å²) in [6, 6.07) is 0.230. The van der Waals surface area contributed by atoms with Crippen LogP contribution in [0.4, 0.5) is 0 Å². The van der Waals surface area contributed by atoms with E-state index in [1.165, 1.54) is 0 Å². The zero-order chi connectivity index (χ0) is 11.7. The summed E-state index contributed by atoms with van der Waals surface area (Å²) in [7, 11) is 1.80. The van der Waals surface area contributed by atoms with E-state index in [1.807, 2.05) is 13.8 Å². The van der Waals surface area contributed by atoms with Crippen LogP contribution in [-0.4, -0.2) is 37.7 Å². The fraction of sp³-hybridized carbons (Fsp3) is 0.900. The van der Waals surface area contributed by atoms with Crippen molar-refractivity contribution >= 4 is 17.3 Å². The van der Waals surface area contributed by atoms with Gasteiger partial charge in [0.05, 0.1) is 0 Å². The van der Waals surface area contributed by atoms with E-state index in [-0.39, 0.29) is 12.3 Å². The van der Waals surface area contributed by atoms with Crippen LogP contribution in [0.1, 0.15) is 27.2 Å². The Morgan fingerprint density at radius 3 is 2.20 bits per heavy atom. The predicted octanol–water partition coefficient (Wildman–Crippen LogP) is 1.26. The highest BCUT2D eigenvalue weighted by molar-refractivity contribution is 7.80. The van der Waals surface area contributed by atoms with Crippen molar-refractivity contribution in [1.82, 2.24) is 10.6 Å². The molecule has 0 spiro atoms. The summed E-state index contributed by atoms with van der Waals surface area (Å²) in [4.78, 5) is 0. The fourth-order valence-electron chi connectivity index (χ4n) is 1.20. The first kappa shape index (κ1) is 14.6. The molecule has 90 valence electrons. The fourth-order valence-corrected chi connectivity index (χ4v) is 1.40. The van der Waals surface area contributed by atoms with Crippen molar-refractivity contribution in [3.05, 3.63) is 0 Å². The highest BCUT2D eigenvalue weighted by Gasteiger charge is 2.13. The lowest BCUT2D eigenvalue weighted by Gasteiger charge is -2.22. The Balaban J connectivity index is 3.87.